The SMILES string of the molecule is CCOC(=O)C1=C(c2ccccc2)N=c2s/c(=C\c3ccc(-c4ccc(Cl)c(C(=O)O)c4)o3)c(=O)n2[C@H]1c1ccc(C(C)C)cc1. The fourth-order valence-electron chi connectivity index (χ4n) is 5.38. The first-order valence-corrected chi connectivity index (χ1v) is 15.9. The van der Waals surface area contributed by atoms with E-state index in [9.17, 15) is 19.5 Å². The highest BCUT2D eigenvalue weighted by atomic mass is 35.5. The molecule has 1 aliphatic rings. The summed E-state index contributed by atoms with van der Waals surface area (Å²) in [5.41, 5.74) is 3.48. The van der Waals surface area contributed by atoms with Crippen LogP contribution in [0.1, 0.15) is 65.5 Å². The third-order valence-electron chi connectivity index (χ3n) is 7.67. The van der Waals surface area contributed by atoms with Crippen molar-refractivity contribution in [2.75, 3.05) is 6.61 Å². The Morgan fingerprint density at radius 2 is 1.78 bits per heavy atom. The van der Waals surface area contributed by atoms with E-state index in [1.54, 1.807) is 35.8 Å². The van der Waals surface area contributed by atoms with Crippen molar-refractivity contribution in [2.24, 2.45) is 4.99 Å². The molecule has 46 heavy (non-hydrogen) atoms. The van der Waals surface area contributed by atoms with Crippen molar-refractivity contribution in [3.8, 4) is 11.3 Å². The number of hydrogen-bond acceptors (Lipinski definition) is 7. The predicted molar refractivity (Wildman–Crippen MR) is 178 cm³/mol. The first-order valence-electron chi connectivity index (χ1n) is 14.7. The number of furan rings is 1. The largest absolute Gasteiger partial charge is 0.478 e. The Hall–Kier alpha value is -4.99. The van der Waals surface area contributed by atoms with Gasteiger partial charge in [-0.3, -0.25) is 9.36 Å². The molecule has 5 aromatic rings. The van der Waals surface area contributed by atoms with Gasteiger partial charge in [-0.25, -0.2) is 14.6 Å². The number of nitrogens with zero attached hydrogens (tertiary/aromatic N) is 2. The molecule has 3 heterocycles. The second-order valence-electron chi connectivity index (χ2n) is 11.0. The molecule has 1 atom stereocenters. The Kier molecular flexibility index (Phi) is 8.62. The molecule has 2 aromatic heterocycles. The van der Waals surface area contributed by atoms with Crippen LogP contribution in [-0.2, 0) is 9.53 Å². The number of fused-ring (bicyclic) bond motifs is 1. The van der Waals surface area contributed by atoms with Crippen LogP contribution in [0, 0.1) is 0 Å². The quantitative estimate of drug-likeness (QED) is 0.188. The van der Waals surface area contributed by atoms with E-state index in [1.165, 1.54) is 23.5 Å². The summed E-state index contributed by atoms with van der Waals surface area (Å²) in [6, 6.07) is 24.5. The van der Waals surface area contributed by atoms with Gasteiger partial charge in [0, 0.05) is 17.2 Å². The van der Waals surface area contributed by atoms with Crippen molar-refractivity contribution in [1.29, 1.82) is 0 Å². The first-order chi connectivity index (χ1) is 22.2. The van der Waals surface area contributed by atoms with Crippen molar-refractivity contribution < 1.29 is 23.8 Å². The van der Waals surface area contributed by atoms with Crippen molar-refractivity contribution in [3.63, 3.8) is 0 Å². The van der Waals surface area contributed by atoms with Crippen LogP contribution in [0.25, 0.3) is 23.1 Å². The minimum Gasteiger partial charge on any atom is -0.478 e. The number of thiazole rings is 1. The van der Waals surface area contributed by atoms with Crippen molar-refractivity contribution >= 4 is 46.6 Å². The zero-order valence-corrected chi connectivity index (χ0v) is 26.8. The van der Waals surface area contributed by atoms with Crippen LogP contribution in [0.2, 0.25) is 5.02 Å². The number of rotatable bonds is 8. The summed E-state index contributed by atoms with van der Waals surface area (Å²) in [4.78, 5) is 44.7. The third kappa shape index (κ3) is 5.87. The fraction of sp³-hybridized carbons (Fsp3) is 0.167. The molecule has 0 spiro atoms. The molecule has 0 unspecified atom stereocenters. The van der Waals surface area contributed by atoms with Crippen LogP contribution < -0.4 is 14.9 Å². The lowest BCUT2D eigenvalue weighted by atomic mass is 9.91. The van der Waals surface area contributed by atoms with Crippen LogP contribution in [-0.4, -0.2) is 28.2 Å². The predicted octanol–water partition coefficient (Wildman–Crippen LogP) is 6.67. The molecule has 232 valence electrons. The number of benzene rings is 3. The second-order valence-corrected chi connectivity index (χ2v) is 12.4. The normalized spacial score (nSPS) is 14.7. The molecule has 0 amide bonds. The number of carboxylic acid groups (broad SMARTS) is 1. The molecule has 10 heteroatoms. The maximum Gasteiger partial charge on any atom is 0.338 e. The minimum atomic E-state index is -1.15. The topological polar surface area (TPSA) is 111 Å². The molecule has 0 fully saturated rings. The van der Waals surface area contributed by atoms with Crippen LogP contribution in [0.4, 0.5) is 0 Å². The average Bonchev–Trinajstić information content (AvgIpc) is 3.64. The smallest absolute Gasteiger partial charge is 0.338 e. The van der Waals surface area contributed by atoms with Gasteiger partial charge in [-0.05, 0) is 54.3 Å². The summed E-state index contributed by atoms with van der Waals surface area (Å²) in [5.74, 6) is -0.588. The Bertz CT molecular complexity index is 2180. The molecular weight excluding hydrogens is 624 g/mol. The lowest BCUT2D eigenvalue weighted by Crippen LogP contribution is -2.40. The maximum atomic E-state index is 14.2. The Morgan fingerprint density at radius 3 is 2.46 bits per heavy atom. The highest BCUT2D eigenvalue weighted by Crippen LogP contribution is 2.36. The Labute approximate surface area is 273 Å². The van der Waals surface area contributed by atoms with Gasteiger partial charge >= 0.3 is 11.9 Å². The van der Waals surface area contributed by atoms with Crippen LogP contribution >= 0.6 is 22.9 Å². The monoisotopic (exact) mass is 652 g/mol. The van der Waals surface area contributed by atoms with Gasteiger partial charge in [-0.15, -0.1) is 0 Å². The maximum absolute atomic E-state index is 14.2. The van der Waals surface area contributed by atoms with Gasteiger partial charge in [0.2, 0.25) is 0 Å². The van der Waals surface area contributed by atoms with Crippen LogP contribution in [0.5, 0.6) is 0 Å². The van der Waals surface area contributed by atoms with Crippen LogP contribution in [0.3, 0.4) is 0 Å². The minimum absolute atomic E-state index is 0.0431. The zero-order valence-electron chi connectivity index (χ0n) is 25.2. The van der Waals surface area contributed by atoms with Gasteiger partial charge in [0.25, 0.3) is 5.56 Å². The van der Waals surface area contributed by atoms with Gasteiger partial charge in [-0.1, -0.05) is 91.4 Å². The standard InChI is InChI=1S/C36H29ClN2O6S/c1-4-44-35(43)30-31(22-8-6-5-7-9-22)38-36-39(32(30)23-12-10-21(11-13-23)20(2)3)33(40)29(46-36)19-25-15-17-28(45-25)24-14-16-27(37)26(18-24)34(41)42/h5-20,32H,4H2,1-3H3,(H,41,42)/b29-19-/t32-/m0/s1. The van der Waals surface area contributed by atoms with E-state index < -0.39 is 18.0 Å². The van der Waals surface area contributed by atoms with E-state index in [4.69, 9.17) is 25.7 Å². The van der Waals surface area contributed by atoms with Crippen molar-refractivity contribution in [3.05, 3.63) is 143 Å². The number of aromatic nitrogens is 1. The highest BCUT2D eigenvalue weighted by molar-refractivity contribution is 7.07. The zero-order chi connectivity index (χ0) is 32.5. The number of esters is 1. The Morgan fingerprint density at radius 1 is 1.04 bits per heavy atom. The van der Waals surface area contributed by atoms with E-state index in [1.807, 2.05) is 54.6 Å². The number of carbonyl (C=O) groups is 2. The lowest BCUT2D eigenvalue weighted by molar-refractivity contribution is -0.138. The number of hydrogen-bond donors (Lipinski definition) is 1. The van der Waals surface area contributed by atoms with Gasteiger partial charge < -0.3 is 14.3 Å². The number of ether oxygens (including phenoxy) is 1. The molecule has 0 radical (unpaired) electrons. The molecule has 0 saturated heterocycles. The highest BCUT2D eigenvalue weighted by Gasteiger charge is 2.35. The van der Waals surface area contributed by atoms with Gasteiger partial charge in [0.05, 0.1) is 39.0 Å². The molecule has 3 aromatic carbocycles. The van der Waals surface area contributed by atoms with Gasteiger partial charge in [0.1, 0.15) is 11.5 Å². The number of carboxylic acids is 1. The molecule has 6 rings (SSSR count). The molecule has 1 N–H and O–H groups in total. The summed E-state index contributed by atoms with van der Waals surface area (Å²) >= 11 is 7.23. The molecule has 1 aliphatic heterocycles. The van der Waals surface area contributed by atoms with E-state index in [-0.39, 0.29) is 28.3 Å². The fourth-order valence-corrected chi connectivity index (χ4v) is 6.56. The van der Waals surface area contributed by atoms with E-state index in [0.717, 1.165) is 16.7 Å². The van der Waals surface area contributed by atoms with Gasteiger partial charge in [0.15, 0.2) is 4.80 Å². The summed E-state index contributed by atoms with van der Waals surface area (Å²) in [7, 11) is 0. The van der Waals surface area contributed by atoms with Gasteiger partial charge in [-0.2, -0.15) is 0 Å². The summed E-state index contributed by atoms with van der Waals surface area (Å²) in [5, 5.41) is 9.59. The number of carbonyl (C=O) groups excluding carboxylic acids is 1. The number of aromatic carboxylic acids is 1. The third-order valence-corrected chi connectivity index (χ3v) is 8.99. The summed E-state index contributed by atoms with van der Waals surface area (Å²) < 4.78 is 13.5. The van der Waals surface area contributed by atoms with E-state index in [2.05, 4.69) is 13.8 Å². The molecule has 0 aliphatic carbocycles. The molecule has 8 nitrogen and oxygen atoms in total. The van der Waals surface area contributed by atoms with Crippen LogP contribution in [0.15, 0.2) is 105 Å². The lowest BCUT2D eigenvalue weighted by Gasteiger charge is -2.26. The summed E-state index contributed by atoms with van der Waals surface area (Å²) in [6.07, 6.45) is 1.62. The molecular formula is C36H29ClN2O6S. The second kappa shape index (κ2) is 12.8. The number of halogens is 1. The van der Waals surface area contributed by atoms with Crippen molar-refractivity contribution in [1.82, 2.24) is 4.57 Å². The summed E-state index contributed by atoms with van der Waals surface area (Å²) in [6.45, 7) is 6.11. The molecule has 0 saturated carbocycles. The Balaban J connectivity index is 1.53. The van der Waals surface area contributed by atoms with E-state index >= 15 is 0 Å². The van der Waals surface area contributed by atoms with Crippen molar-refractivity contribution in [2.45, 2.75) is 32.7 Å². The van der Waals surface area contributed by atoms with E-state index in [0.29, 0.717) is 38.0 Å². The molecule has 0 bridgehead atoms. The first kappa shape index (κ1) is 31.0. The average molecular weight is 653 g/mol.